The molecule has 2 rings (SSSR count). The summed E-state index contributed by atoms with van der Waals surface area (Å²) in [5.74, 6) is -0.381. The number of hydrogen-bond acceptors (Lipinski definition) is 3. The number of nitrogens with zero attached hydrogens (tertiary/aromatic N) is 1. The van der Waals surface area contributed by atoms with Crippen LogP contribution in [-0.2, 0) is 9.63 Å². The second kappa shape index (κ2) is 5.69. The molecule has 1 aliphatic rings. The summed E-state index contributed by atoms with van der Waals surface area (Å²) in [7, 11) is -1.04. The Morgan fingerprint density at radius 1 is 1.21 bits per heavy atom. The Balaban J connectivity index is 2.02. The Hall–Kier alpha value is -1.42. The highest BCUT2D eigenvalue weighted by Crippen LogP contribution is 2.25. The van der Waals surface area contributed by atoms with E-state index in [9.17, 15) is 4.79 Å². The van der Waals surface area contributed by atoms with Gasteiger partial charge < -0.3 is 4.84 Å². The van der Waals surface area contributed by atoms with Crippen molar-refractivity contribution in [2.75, 3.05) is 0 Å². The lowest BCUT2D eigenvalue weighted by Crippen LogP contribution is -2.22. The van der Waals surface area contributed by atoms with Gasteiger partial charge in [-0.15, -0.1) is 0 Å². The van der Waals surface area contributed by atoms with E-state index in [0.717, 1.165) is 24.1 Å². The molecule has 0 bridgehead atoms. The lowest BCUT2D eigenvalue weighted by Gasteiger charge is -2.16. The number of benzene rings is 1. The zero-order valence-electron chi connectivity index (χ0n) is 11.8. The van der Waals surface area contributed by atoms with E-state index in [-0.39, 0.29) is 11.9 Å². The van der Waals surface area contributed by atoms with Gasteiger partial charge >= 0.3 is 5.97 Å². The zero-order chi connectivity index (χ0) is 13.9. The van der Waals surface area contributed by atoms with Crippen LogP contribution in [0.2, 0.25) is 25.7 Å². The first-order chi connectivity index (χ1) is 8.97. The summed E-state index contributed by atoms with van der Waals surface area (Å²) in [6.45, 7) is 7.06. The molecule has 102 valence electrons. The van der Waals surface area contributed by atoms with Gasteiger partial charge in [0.1, 0.15) is 11.6 Å². The number of oxime groups is 1. The van der Waals surface area contributed by atoms with Crippen molar-refractivity contribution >= 4 is 19.8 Å². The van der Waals surface area contributed by atoms with Gasteiger partial charge in [0, 0.05) is 13.6 Å². The predicted octanol–water partition coefficient (Wildman–Crippen LogP) is 3.68. The molecule has 0 fully saturated rings. The summed E-state index contributed by atoms with van der Waals surface area (Å²) in [5, 5.41) is 3.96. The second-order valence-electron chi connectivity index (χ2n) is 6.26. The Labute approximate surface area is 115 Å². The van der Waals surface area contributed by atoms with Crippen LogP contribution in [0.1, 0.15) is 18.4 Å². The molecule has 1 aliphatic heterocycles. The van der Waals surface area contributed by atoms with Crippen molar-refractivity contribution in [3.05, 3.63) is 35.9 Å². The molecule has 1 aromatic carbocycles. The summed E-state index contributed by atoms with van der Waals surface area (Å²) in [6, 6.07) is 11.1. The monoisotopic (exact) mass is 275 g/mol. The number of carbonyl (C=O) groups excluding carboxylic acids is 1. The van der Waals surface area contributed by atoms with E-state index in [4.69, 9.17) is 4.84 Å². The van der Waals surface area contributed by atoms with Gasteiger partial charge in [-0.2, -0.15) is 0 Å². The molecule has 1 heterocycles. The quantitative estimate of drug-likeness (QED) is 0.607. The molecule has 0 N–H and O–H groups in total. The fourth-order valence-electron chi connectivity index (χ4n) is 2.29. The van der Waals surface area contributed by atoms with Crippen LogP contribution in [-0.4, -0.2) is 19.8 Å². The topological polar surface area (TPSA) is 38.7 Å². The number of hydrogen-bond donors (Lipinski definition) is 0. The van der Waals surface area contributed by atoms with E-state index in [1.165, 1.54) is 6.04 Å². The van der Waals surface area contributed by atoms with Crippen LogP contribution >= 0.6 is 0 Å². The molecule has 3 nitrogen and oxygen atoms in total. The van der Waals surface area contributed by atoms with Gasteiger partial charge in [-0.25, -0.2) is 4.79 Å². The maximum Gasteiger partial charge on any atom is 0.344 e. The molecule has 1 unspecified atom stereocenters. The molecule has 0 spiro atoms. The molecule has 1 atom stereocenters. The van der Waals surface area contributed by atoms with E-state index >= 15 is 0 Å². The fourth-order valence-corrected chi connectivity index (χ4v) is 3.55. The molecular formula is C15H21NO2Si. The molecule has 4 heteroatoms. The van der Waals surface area contributed by atoms with Crippen LogP contribution in [0, 0.1) is 5.92 Å². The first-order valence-electron chi connectivity index (χ1n) is 6.81. The number of carbonyl (C=O) groups is 1. The van der Waals surface area contributed by atoms with E-state index in [1.54, 1.807) is 0 Å². The minimum Gasteiger partial charge on any atom is -0.317 e. The van der Waals surface area contributed by atoms with Crippen LogP contribution in [0.25, 0.3) is 0 Å². The van der Waals surface area contributed by atoms with Crippen LogP contribution in [0.5, 0.6) is 0 Å². The summed E-state index contributed by atoms with van der Waals surface area (Å²) < 4.78 is 0. The molecule has 0 amide bonds. The van der Waals surface area contributed by atoms with E-state index in [0.29, 0.717) is 0 Å². The van der Waals surface area contributed by atoms with Gasteiger partial charge in [0.2, 0.25) is 0 Å². The zero-order valence-corrected chi connectivity index (χ0v) is 12.8. The Morgan fingerprint density at radius 3 is 2.53 bits per heavy atom. The minimum absolute atomic E-state index is 0.182. The largest absolute Gasteiger partial charge is 0.344 e. The van der Waals surface area contributed by atoms with Crippen molar-refractivity contribution in [2.24, 2.45) is 11.1 Å². The van der Waals surface area contributed by atoms with Crippen molar-refractivity contribution in [1.82, 2.24) is 0 Å². The standard InChI is InChI=1S/C15H21NO2Si/c1-19(2,3)11-7-10-13-14(16-18-15(13)17)12-8-5-4-6-9-12/h4-6,8-9,13H,7,10-11H2,1-3H3. The fraction of sp³-hybridized carbons (Fsp3) is 0.467. The van der Waals surface area contributed by atoms with E-state index in [2.05, 4.69) is 24.8 Å². The van der Waals surface area contributed by atoms with Crippen molar-refractivity contribution in [2.45, 2.75) is 38.5 Å². The van der Waals surface area contributed by atoms with Gasteiger partial charge in [0.15, 0.2) is 0 Å². The Bertz CT molecular complexity index is 477. The summed E-state index contributed by atoms with van der Waals surface area (Å²) in [4.78, 5) is 16.7. The lowest BCUT2D eigenvalue weighted by atomic mass is 9.93. The van der Waals surface area contributed by atoms with E-state index < -0.39 is 8.07 Å². The SMILES string of the molecule is C[Si](C)(C)CCCC1C(=O)ON=C1c1ccccc1. The Kier molecular flexibility index (Phi) is 4.19. The first-order valence-corrected chi connectivity index (χ1v) is 10.5. The van der Waals surface area contributed by atoms with Crippen LogP contribution in [0.4, 0.5) is 0 Å². The van der Waals surface area contributed by atoms with Gasteiger partial charge in [-0.05, 0) is 6.42 Å². The molecular weight excluding hydrogens is 254 g/mol. The maximum atomic E-state index is 11.8. The average molecular weight is 275 g/mol. The third-order valence-corrected chi connectivity index (χ3v) is 5.19. The first kappa shape index (κ1) is 14.0. The highest BCUT2D eigenvalue weighted by Gasteiger charge is 2.33. The molecule has 0 saturated heterocycles. The van der Waals surface area contributed by atoms with Gasteiger partial charge in [0.05, 0.1) is 0 Å². The lowest BCUT2D eigenvalue weighted by molar-refractivity contribution is -0.143. The van der Waals surface area contributed by atoms with E-state index in [1.807, 2.05) is 30.3 Å². The minimum atomic E-state index is -1.04. The third kappa shape index (κ3) is 3.77. The predicted molar refractivity (Wildman–Crippen MR) is 79.9 cm³/mol. The molecule has 1 aromatic rings. The number of rotatable bonds is 5. The molecule has 0 aromatic heterocycles. The van der Waals surface area contributed by atoms with Gasteiger partial charge in [0.25, 0.3) is 0 Å². The normalized spacial score (nSPS) is 19.2. The second-order valence-corrected chi connectivity index (χ2v) is 11.9. The Morgan fingerprint density at radius 2 is 1.89 bits per heavy atom. The summed E-state index contributed by atoms with van der Waals surface area (Å²) in [5.41, 5.74) is 1.78. The van der Waals surface area contributed by atoms with Crippen LogP contribution in [0.15, 0.2) is 35.5 Å². The molecule has 19 heavy (non-hydrogen) atoms. The highest BCUT2D eigenvalue weighted by molar-refractivity contribution is 6.76. The molecule has 0 radical (unpaired) electrons. The van der Waals surface area contributed by atoms with Crippen molar-refractivity contribution < 1.29 is 9.63 Å². The maximum absolute atomic E-state index is 11.8. The van der Waals surface area contributed by atoms with Crippen molar-refractivity contribution in [3.63, 3.8) is 0 Å². The van der Waals surface area contributed by atoms with Gasteiger partial charge in [-0.3, -0.25) is 0 Å². The summed E-state index contributed by atoms with van der Waals surface area (Å²) in [6.07, 6.45) is 1.91. The molecule has 0 saturated carbocycles. The van der Waals surface area contributed by atoms with Crippen LogP contribution < -0.4 is 0 Å². The van der Waals surface area contributed by atoms with Gasteiger partial charge in [-0.1, -0.05) is 67.6 Å². The van der Waals surface area contributed by atoms with Crippen molar-refractivity contribution in [3.8, 4) is 0 Å². The highest BCUT2D eigenvalue weighted by atomic mass is 28.3. The summed E-state index contributed by atoms with van der Waals surface area (Å²) >= 11 is 0. The third-order valence-electron chi connectivity index (χ3n) is 3.34. The van der Waals surface area contributed by atoms with Crippen molar-refractivity contribution in [1.29, 1.82) is 0 Å². The smallest absolute Gasteiger partial charge is 0.317 e. The van der Waals surface area contributed by atoms with Crippen LogP contribution in [0.3, 0.4) is 0 Å². The molecule has 0 aliphatic carbocycles. The average Bonchev–Trinajstić information content (AvgIpc) is 2.71.